The molecule has 0 aromatic heterocycles. The van der Waals surface area contributed by atoms with Crippen molar-refractivity contribution >= 4 is 50.5 Å². The minimum absolute atomic E-state index is 0.0652. The summed E-state index contributed by atoms with van der Waals surface area (Å²) in [5.74, 6) is -0.383. The maximum absolute atomic E-state index is 12.5. The molecule has 3 aromatic carbocycles. The Morgan fingerprint density at radius 1 is 0.897 bits per heavy atom. The maximum atomic E-state index is 12.5. The van der Waals surface area contributed by atoms with Gasteiger partial charge in [-0.2, -0.15) is 0 Å². The summed E-state index contributed by atoms with van der Waals surface area (Å²) in [6.07, 6.45) is 0.910. The third kappa shape index (κ3) is 5.29. The van der Waals surface area contributed by atoms with Crippen LogP contribution in [0, 0.1) is 0 Å². The number of halogens is 2. The molecule has 0 atom stereocenters. The van der Waals surface area contributed by atoms with E-state index in [4.69, 9.17) is 23.2 Å². The molecule has 0 fully saturated rings. The lowest BCUT2D eigenvalue weighted by Gasteiger charge is -2.11. The first-order valence-corrected chi connectivity index (χ1v) is 11.0. The third-order valence-corrected chi connectivity index (χ3v) is 6.17. The Bertz CT molecular complexity index is 1130. The van der Waals surface area contributed by atoms with E-state index in [0.29, 0.717) is 10.7 Å². The molecule has 1 amide bonds. The van der Waals surface area contributed by atoms with Crippen LogP contribution in [0.25, 0.3) is 0 Å². The maximum Gasteiger partial charge on any atom is 0.261 e. The normalized spacial score (nSPS) is 11.1. The second-order valence-corrected chi connectivity index (χ2v) is 8.78. The molecule has 0 spiro atoms. The summed E-state index contributed by atoms with van der Waals surface area (Å²) in [7, 11) is -3.80. The first-order valence-electron chi connectivity index (χ1n) is 8.77. The fourth-order valence-corrected chi connectivity index (χ4v) is 4.05. The molecule has 5 nitrogen and oxygen atoms in total. The second kappa shape index (κ2) is 8.86. The number of amides is 1. The summed E-state index contributed by atoms with van der Waals surface area (Å²) in [6, 6.07) is 17.6. The van der Waals surface area contributed by atoms with Gasteiger partial charge in [-0.3, -0.25) is 9.52 Å². The first kappa shape index (κ1) is 21.2. The molecular weight excluding hydrogens is 431 g/mol. The molecule has 0 bridgehead atoms. The van der Waals surface area contributed by atoms with Gasteiger partial charge in [-0.25, -0.2) is 8.42 Å². The van der Waals surface area contributed by atoms with Gasteiger partial charge >= 0.3 is 0 Å². The van der Waals surface area contributed by atoms with Crippen LogP contribution in [-0.4, -0.2) is 14.3 Å². The largest absolute Gasteiger partial charge is 0.322 e. The van der Waals surface area contributed by atoms with Gasteiger partial charge in [-0.1, -0.05) is 42.3 Å². The standard InChI is InChI=1S/C21H18Cl2N2O3S/c1-2-14-3-7-16(8-4-14)24-21(26)19-12-9-17(13-20(19)23)25-29(27,28)18-10-5-15(22)6-11-18/h3-13,25H,2H2,1H3,(H,24,26). The van der Waals surface area contributed by atoms with Crippen molar-refractivity contribution < 1.29 is 13.2 Å². The summed E-state index contributed by atoms with van der Waals surface area (Å²) >= 11 is 12.0. The SMILES string of the molecule is CCc1ccc(NC(=O)c2ccc(NS(=O)(=O)c3ccc(Cl)cc3)cc2Cl)cc1. The number of carbonyl (C=O) groups excluding carboxylic acids is 1. The summed E-state index contributed by atoms with van der Waals surface area (Å²) < 4.78 is 27.4. The molecule has 150 valence electrons. The van der Waals surface area contributed by atoms with Gasteiger partial charge in [0.1, 0.15) is 0 Å². The van der Waals surface area contributed by atoms with Gasteiger partial charge in [-0.05, 0) is 66.6 Å². The summed E-state index contributed by atoms with van der Waals surface area (Å²) in [4.78, 5) is 12.6. The molecule has 3 aromatic rings. The van der Waals surface area contributed by atoms with Crippen molar-refractivity contribution in [2.45, 2.75) is 18.2 Å². The van der Waals surface area contributed by atoms with Crippen molar-refractivity contribution in [2.24, 2.45) is 0 Å². The fourth-order valence-electron chi connectivity index (χ4n) is 2.61. The van der Waals surface area contributed by atoms with E-state index in [1.165, 1.54) is 48.0 Å². The van der Waals surface area contributed by atoms with Gasteiger partial charge in [0.25, 0.3) is 15.9 Å². The van der Waals surface area contributed by atoms with Gasteiger partial charge in [0.2, 0.25) is 0 Å². The van der Waals surface area contributed by atoms with E-state index >= 15 is 0 Å². The minimum atomic E-state index is -3.80. The average molecular weight is 449 g/mol. The molecule has 0 saturated carbocycles. The van der Waals surface area contributed by atoms with Crippen LogP contribution in [0.3, 0.4) is 0 Å². The van der Waals surface area contributed by atoms with Gasteiger partial charge in [0.05, 0.1) is 21.2 Å². The molecule has 8 heteroatoms. The zero-order valence-electron chi connectivity index (χ0n) is 15.4. The third-order valence-electron chi connectivity index (χ3n) is 4.21. The summed E-state index contributed by atoms with van der Waals surface area (Å²) in [6.45, 7) is 2.05. The molecule has 0 aliphatic heterocycles. The number of anilines is 2. The van der Waals surface area contributed by atoms with Crippen LogP contribution >= 0.6 is 23.2 Å². The Hall–Kier alpha value is -2.54. The van der Waals surface area contributed by atoms with Crippen LogP contribution < -0.4 is 10.0 Å². The van der Waals surface area contributed by atoms with Crippen LogP contribution in [0.5, 0.6) is 0 Å². The molecule has 2 N–H and O–H groups in total. The average Bonchev–Trinajstić information content (AvgIpc) is 2.68. The molecule has 0 heterocycles. The van der Waals surface area contributed by atoms with Crippen molar-refractivity contribution in [1.82, 2.24) is 0 Å². The molecule has 3 rings (SSSR count). The van der Waals surface area contributed by atoms with Crippen molar-refractivity contribution in [2.75, 3.05) is 10.0 Å². The van der Waals surface area contributed by atoms with E-state index in [1.807, 2.05) is 24.3 Å². The molecular formula is C21H18Cl2N2O3S. The van der Waals surface area contributed by atoms with Crippen LogP contribution in [0.2, 0.25) is 10.0 Å². The number of sulfonamides is 1. The highest BCUT2D eigenvalue weighted by Crippen LogP contribution is 2.25. The zero-order valence-corrected chi connectivity index (χ0v) is 17.8. The number of carbonyl (C=O) groups is 1. The lowest BCUT2D eigenvalue weighted by molar-refractivity contribution is 0.102. The van der Waals surface area contributed by atoms with Crippen molar-refractivity contribution in [3.8, 4) is 0 Å². The highest BCUT2D eigenvalue weighted by atomic mass is 35.5. The minimum Gasteiger partial charge on any atom is -0.322 e. The molecule has 0 saturated heterocycles. The highest BCUT2D eigenvalue weighted by molar-refractivity contribution is 7.92. The van der Waals surface area contributed by atoms with Gasteiger partial charge in [-0.15, -0.1) is 0 Å². The summed E-state index contributed by atoms with van der Waals surface area (Å²) in [5.41, 5.74) is 2.30. The quantitative estimate of drug-likeness (QED) is 0.514. The van der Waals surface area contributed by atoms with E-state index in [9.17, 15) is 13.2 Å². The van der Waals surface area contributed by atoms with Crippen LogP contribution in [0.4, 0.5) is 11.4 Å². The smallest absolute Gasteiger partial charge is 0.261 e. The number of hydrogen-bond donors (Lipinski definition) is 2. The van der Waals surface area contributed by atoms with E-state index in [0.717, 1.165) is 6.42 Å². The number of nitrogens with one attached hydrogen (secondary N) is 2. The van der Waals surface area contributed by atoms with E-state index < -0.39 is 10.0 Å². The predicted molar refractivity (Wildman–Crippen MR) is 117 cm³/mol. The van der Waals surface area contributed by atoms with Gasteiger partial charge < -0.3 is 5.32 Å². The second-order valence-electron chi connectivity index (χ2n) is 6.26. The fraction of sp³-hybridized carbons (Fsp3) is 0.0952. The Morgan fingerprint density at radius 3 is 2.10 bits per heavy atom. The van der Waals surface area contributed by atoms with Crippen molar-refractivity contribution in [3.05, 3.63) is 87.9 Å². The number of aryl methyl sites for hydroxylation is 1. The lowest BCUT2D eigenvalue weighted by Crippen LogP contribution is -2.15. The van der Waals surface area contributed by atoms with Gasteiger partial charge in [0.15, 0.2) is 0 Å². The monoisotopic (exact) mass is 448 g/mol. The number of benzene rings is 3. The van der Waals surface area contributed by atoms with Crippen molar-refractivity contribution in [1.29, 1.82) is 0 Å². The van der Waals surface area contributed by atoms with Crippen molar-refractivity contribution in [3.63, 3.8) is 0 Å². The lowest BCUT2D eigenvalue weighted by atomic mass is 10.1. The number of hydrogen-bond acceptors (Lipinski definition) is 3. The Balaban J connectivity index is 1.75. The van der Waals surface area contributed by atoms with Crippen LogP contribution in [-0.2, 0) is 16.4 Å². The zero-order chi connectivity index (χ0) is 21.0. The molecule has 0 aliphatic rings. The molecule has 29 heavy (non-hydrogen) atoms. The highest BCUT2D eigenvalue weighted by Gasteiger charge is 2.16. The van der Waals surface area contributed by atoms with E-state index in [1.54, 1.807) is 0 Å². The Labute approximate surface area is 179 Å². The van der Waals surface area contributed by atoms with E-state index in [-0.39, 0.29) is 27.1 Å². The topological polar surface area (TPSA) is 75.3 Å². The molecule has 0 unspecified atom stereocenters. The first-order chi connectivity index (χ1) is 13.8. The van der Waals surface area contributed by atoms with Crippen LogP contribution in [0.15, 0.2) is 71.6 Å². The molecule has 0 aliphatic carbocycles. The Morgan fingerprint density at radius 2 is 1.52 bits per heavy atom. The predicted octanol–water partition coefficient (Wildman–Crippen LogP) is 5.61. The molecule has 0 radical (unpaired) electrons. The number of rotatable bonds is 6. The van der Waals surface area contributed by atoms with E-state index in [2.05, 4.69) is 17.0 Å². The summed E-state index contributed by atoms with van der Waals surface area (Å²) in [5, 5.41) is 3.34. The Kier molecular flexibility index (Phi) is 6.47. The van der Waals surface area contributed by atoms with Gasteiger partial charge in [0, 0.05) is 10.7 Å². The van der Waals surface area contributed by atoms with Crippen LogP contribution in [0.1, 0.15) is 22.8 Å².